The van der Waals surface area contributed by atoms with Gasteiger partial charge in [-0.1, -0.05) is 30.3 Å². The van der Waals surface area contributed by atoms with Crippen LogP contribution in [0.3, 0.4) is 0 Å². The van der Waals surface area contributed by atoms with Gasteiger partial charge < -0.3 is 9.80 Å². The summed E-state index contributed by atoms with van der Waals surface area (Å²) in [7, 11) is 0. The fraction of sp³-hybridized carbons (Fsp3) is 0.273. The maximum Gasteiger partial charge on any atom is 0.261 e. The monoisotopic (exact) mass is 359 g/mol. The summed E-state index contributed by atoms with van der Waals surface area (Å²) in [6, 6.07) is 18.3. The summed E-state index contributed by atoms with van der Waals surface area (Å²) < 4.78 is 1.84. The summed E-state index contributed by atoms with van der Waals surface area (Å²) >= 11 is 0. The number of piperazine rings is 1. The lowest BCUT2D eigenvalue weighted by Crippen LogP contribution is -3.10. The molecule has 0 atom stereocenters. The first kappa shape index (κ1) is 16.3. The molecule has 136 valence electrons. The van der Waals surface area contributed by atoms with Crippen LogP contribution in [-0.4, -0.2) is 35.7 Å². The minimum absolute atomic E-state index is 0.0860. The van der Waals surface area contributed by atoms with Gasteiger partial charge in [0, 0.05) is 17.8 Å². The molecule has 2 aliphatic heterocycles. The highest BCUT2D eigenvalue weighted by Gasteiger charge is 2.25. The zero-order valence-corrected chi connectivity index (χ0v) is 15.3. The maximum absolute atomic E-state index is 12.7. The van der Waals surface area contributed by atoms with Gasteiger partial charge in [-0.3, -0.25) is 9.36 Å². The average molecular weight is 359 g/mol. The lowest BCUT2D eigenvalue weighted by atomic mass is 10.2. The van der Waals surface area contributed by atoms with E-state index in [0.29, 0.717) is 5.39 Å². The molecule has 3 heterocycles. The Hall–Kier alpha value is -2.92. The highest BCUT2D eigenvalue weighted by molar-refractivity contribution is 5.79. The van der Waals surface area contributed by atoms with Gasteiger partial charge in [-0.2, -0.15) is 0 Å². The number of quaternary nitrogens is 1. The Labute approximate surface area is 158 Å². The molecule has 2 aromatic carbocycles. The van der Waals surface area contributed by atoms with E-state index in [2.05, 4.69) is 41.4 Å². The van der Waals surface area contributed by atoms with Crippen LogP contribution in [0, 0.1) is 0 Å². The molecule has 3 aromatic rings. The van der Waals surface area contributed by atoms with Gasteiger partial charge in [0.15, 0.2) is 0 Å². The Morgan fingerprint density at radius 2 is 1.67 bits per heavy atom. The van der Waals surface area contributed by atoms with E-state index in [1.807, 2.05) is 28.8 Å². The summed E-state index contributed by atoms with van der Waals surface area (Å²) in [5, 5.41) is 0.714. The lowest BCUT2D eigenvalue weighted by molar-refractivity contribution is -0.847. The van der Waals surface area contributed by atoms with E-state index in [-0.39, 0.29) is 5.56 Å². The second-order valence-electron chi connectivity index (χ2n) is 7.31. The molecule has 1 saturated heterocycles. The van der Waals surface area contributed by atoms with Gasteiger partial charge in [0.25, 0.3) is 5.56 Å². The molecule has 27 heavy (non-hydrogen) atoms. The van der Waals surface area contributed by atoms with Crippen LogP contribution in [0.25, 0.3) is 16.5 Å². The Morgan fingerprint density at radius 3 is 2.48 bits per heavy atom. The second-order valence-corrected chi connectivity index (χ2v) is 7.31. The normalized spacial score (nSPS) is 19.0. The predicted octanol–water partition coefficient (Wildman–Crippen LogP) is 1.55. The van der Waals surface area contributed by atoms with Crippen molar-refractivity contribution in [2.75, 3.05) is 31.1 Å². The number of nitrogens with one attached hydrogen (secondary N) is 1. The molecule has 0 aliphatic carbocycles. The predicted molar refractivity (Wildman–Crippen MR) is 108 cm³/mol. The third kappa shape index (κ3) is 2.94. The number of aromatic nitrogens is 2. The number of allylic oxidation sites excluding steroid dienone is 1. The molecule has 1 fully saturated rings. The van der Waals surface area contributed by atoms with Crippen molar-refractivity contribution in [2.45, 2.75) is 13.0 Å². The van der Waals surface area contributed by atoms with Gasteiger partial charge >= 0.3 is 0 Å². The summed E-state index contributed by atoms with van der Waals surface area (Å²) in [5.74, 6) is 0.858. The highest BCUT2D eigenvalue weighted by atomic mass is 16.1. The molecule has 0 amide bonds. The molecule has 5 nitrogen and oxygen atoms in total. The van der Waals surface area contributed by atoms with Gasteiger partial charge in [0.2, 0.25) is 0 Å². The number of fused-ring (bicyclic) bond motifs is 2. The second kappa shape index (κ2) is 6.67. The minimum atomic E-state index is 0.0860. The summed E-state index contributed by atoms with van der Waals surface area (Å²) in [5.41, 5.74) is 3.39. The smallest absolute Gasteiger partial charge is 0.261 e. The van der Waals surface area contributed by atoms with Crippen molar-refractivity contribution in [3.8, 4) is 0 Å². The number of hydrogen-bond acceptors (Lipinski definition) is 3. The van der Waals surface area contributed by atoms with Gasteiger partial charge in [-0.25, -0.2) is 4.98 Å². The molecule has 2 aliphatic rings. The van der Waals surface area contributed by atoms with Crippen molar-refractivity contribution < 1.29 is 4.90 Å². The molecule has 0 bridgehead atoms. The van der Waals surface area contributed by atoms with Gasteiger partial charge in [-0.15, -0.1) is 0 Å². The molecular weight excluding hydrogens is 336 g/mol. The molecule has 1 N–H and O–H groups in total. The van der Waals surface area contributed by atoms with Crippen LogP contribution in [0.5, 0.6) is 0 Å². The van der Waals surface area contributed by atoms with Crippen LogP contribution in [-0.2, 0) is 6.54 Å². The molecule has 0 spiro atoms. The number of nitrogens with zero attached hydrogens (tertiary/aromatic N) is 3. The van der Waals surface area contributed by atoms with Gasteiger partial charge in [0.1, 0.15) is 12.0 Å². The zero-order chi connectivity index (χ0) is 18.2. The van der Waals surface area contributed by atoms with Crippen LogP contribution < -0.4 is 15.4 Å². The SMILES string of the molecule is O=c1c2ccccc2nc2n1CC/C2=C\[NH+]1CCN(c2ccccc2)CC1. The van der Waals surface area contributed by atoms with E-state index in [1.165, 1.54) is 16.2 Å². The van der Waals surface area contributed by atoms with Gasteiger partial charge in [0.05, 0.1) is 37.1 Å². The van der Waals surface area contributed by atoms with E-state index in [0.717, 1.165) is 50.5 Å². The van der Waals surface area contributed by atoms with Crippen molar-refractivity contribution >= 4 is 22.2 Å². The third-order valence-corrected chi connectivity index (χ3v) is 5.66. The first-order valence-electron chi connectivity index (χ1n) is 9.65. The van der Waals surface area contributed by atoms with Crippen molar-refractivity contribution in [1.29, 1.82) is 0 Å². The van der Waals surface area contributed by atoms with Crippen LogP contribution >= 0.6 is 0 Å². The average Bonchev–Trinajstić information content (AvgIpc) is 3.12. The van der Waals surface area contributed by atoms with E-state index in [9.17, 15) is 4.79 Å². The zero-order valence-electron chi connectivity index (χ0n) is 15.3. The molecule has 0 radical (unpaired) electrons. The minimum Gasteiger partial charge on any atom is -0.360 e. The van der Waals surface area contributed by atoms with E-state index in [4.69, 9.17) is 4.98 Å². The summed E-state index contributed by atoms with van der Waals surface area (Å²) in [4.78, 5) is 21.4. The van der Waals surface area contributed by atoms with Crippen LogP contribution in [0.2, 0.25) is 0 Å². The Morgan fingerprint density at radius 1 is 0.926 bits per heavy atom. The van der Waals surface area contributed by atoms with E-state index >= 15 is 0 Å². The van der Waals surface area contributed by atoms with Crippen LogP contribution in [0.15, 0.2) is 65.6 Å². The van der Waals surface area contributed by atoms with Crippen molar-refractivity contribution in [1.82, 2.24) is 9.55 Å². The van der Waals surface area contributed by atoms with Crippen molar-refractivity contribution in [2.24, 2.45) is 0 Å². The van der Waals surface area contributed by atoms with Crippen molar-refractivity contribution in [3.63, 3.8) is 0 Å². The Bertz CT molecular complexity index is 1060. The third-order valence-electron chi connectivity index (χ3n) is 5.66. The first-order chi connectivity index (χ1) is 13.3. The number of benzene rings is 2. The van der Waals surface area contributed by atoms with E-state index in [1.54, 1.807) is 0 Å². The molecule has 0 saturated carbocycles. The molecule has 5 rings (SSSR count). The summed E-state index contributed by atoms with van der Waals surface area (Å²) in [6.07, 6.45) is 3.20. The molecular formula is C22H23N4O+. The number of para-hydroxylation sites is 2. The Kier molecular flexibility index (Phi) is 4.02. The van der Waals surface area contributed by atoms with Crippen LogP contribution in [0.1, 0.15) is 12.2 Å². The fourth-order valence-electron chi connectivity index (χ4n) is 4.18. The molecule has 5 heteroatoms. The fourth-order valence-corrected chi connectivity index (χ4v) is 4.18. The van der Waals surface area contributed by atoms with E-state index < -0.39 is 0 Å². The standard InChI is InChI=1S/C22H22N4O/c27-22-19-8-4-5-9-20(19)23-21-17(10-11-26(21)22)16-24-12-14-25(15-13-24)18-6-2-1-3-7-18/h1-9,16H,10-15H2/p+1/b17-16+. The topological polar surface area (TPSA) is 42.6 Å². The van der Waals surface area contributed by atoms with Crippen molar-refractivity contribution in [3.05, 3.63) is 77.0 Å². The molecule has 0 unspecified atom stereocenters. The quantitative estimate of drug-likeness (QED) is 0.755. The largest absolute Gasteiger partial charge is 0.360 e. The maximum atomic E-state index is 12.7. The summed E-state index contributed by atoms with van der Waals surface area (Å²) in [6.45, 7) is 4.95. The lowest BCUT2D eigenvalue weighted by Gasteiger charge is -2.32. The van der Waals surface area contributed by atoms with Crippen LogP contribution in [0.4, 0.5) is 5.69 Å². The molecule has 1 aromatic heterocycles. The highest BCUT2D eigenvalue weighted by Crippen LogP contribution is 2.24. The Balaban J connectivity index is 1.39. The van der Waals surface area contributed by atoms with Gasteiger partial charge in [-0.05, 0) is 30.7 Å². The first-order valence-corrected chi connectivity index (χ1v) is 9.65. The number of rotatable bonds is 2. The number of hydrogen-bond donors (Lipinski definition) is 1. The number of anilines is 1.